The van der Waals surface area contributed by atoms with Gasteiger partial charge in [0, 0.05) is 25.6 Å². The van der Waals surface area contributed by atoms with E-state index in [9.17, 15) is 14.7 Å². The first-order chi connectivity index (χ1) is 9.49. The summed E-state index contributed by atoms with van der Waals surface area (Å²) in [5, 5.41) is 9.34. The van der Waals surface area contributed by atoms with Crippen LogP contribution in [0.15, 0.2) is 24.3 Å². The molecule has 2 atom stereocenters. The molecule has 3 N–H and O–H groups in total. The van der Waals surface area contributed by atoms with E-state index in [2.05, 4.69) is 0 Å². The van der Waals surface area contributed by atoms with Crippen LogP contribution >= 0.6 is 0 Å². The van der Waals surface area contributed by atoms with Crippen molar-refractivity contribution in [2.75, 3.05) is 6.54 Å². The second-order valence-corrected chi connectivity index (χ2v) is 5.38. The van der Waals surface area contributed by atoms with Gasteiger partial charge in [0.05, 0.1) is 5.92 Å². The topological polar surface area (TPSA) is 83.6 Å². The first-order valence-corrected chi connectivity index (χ1v) is 6.83. The van der Waals surface area contributed by atoms with Crippen LogP contribution < -0.4 is 5.73 Å². The number of carboxylic acid groups (broad SMARTS) is 1. The maximum Gasteiger partial charge on any atom is 0.312 e. The Morgan fingerprint density at radius 1 is 1.45 bits per heavy atom. The van der Waals surface area contributed by atoms with E-state index in [1.54, 1.807) is 4.90 Å². The Kier molecular flexibility index (Phi) is 4.39. The Morgan fingerprint density at radius 3 is 2.80 bits per heavy atom. The summed E-state index contributed by atoms with van der Waals surface area (Å²) in [5.74, 6) is -1.55. The molecule has 1 heterocycles. The molecule has 0 saturated heterocycles. The van der Waals surface area contributed by atoms with E-state index in [1.807, 2.05) is 31.2 Å². The fraction of sp³-hybridized carbons (Fsp3) is 0.467. The molecule has 1 aliphatic rings. The number of carbonyl (C=O) groups excluding carboxylic acids is 1. The van der Waals surface area contributed by atoms with E-state index < -0.39 is 11.9 Å². The standard InChI is InChI=1S/C15H20N2O3/c1-10(16)6-7-14(18)17-8-11-4-2-3-5-12(11)13(9-17)15(19)20/h2-5,10,13H,6-9,16H2,1H3,(H,19,20). The predicted octanol–water partition coefficient (Wildman–Crippen LogP) is 1.32. The molecule has 1 aromatic carbocycles. The van der Waals surface area contributed by atoms with Gasteiger partial charge in [0.25, 0.3) is 0 Å². The van der Waals surface area contributed by atoms with Crippen molar-refractivity contribution in [3.05, 3.63) is 35.4 Å². The van der Waals surface area contributed by atoms with Crippen molar-refractivity contribution in [1.82, 2.24) is 4.90 Å². The highest BCUT2D eigenvalue weighted by Crippen LogP contribution is 2.28. The molecule has 0 aromatic heterocycles. The number of hydrogen-bond acceptors (Lipinski definition) is 3. The summed E-state index contributed by atoms with van der Waals surface area (Å²) in [7, 11) is 0. The number of rotatable bonds is 4. The zero-order valence-electron chi connectivity index (χ0n) is 11.6. The van der Waals surface area contributed by atoms with Crippen LogP contribution in [-0.2, 0) is 16.1 Å². The van der Waals surface area contributed by atoms with Crippen molar-refractivity contribution in [2.45, 2.75) is 38.3 Å². The lowest BCUT2D eigenvalue weighted by Crippen LogP contribution is -2.40. The Bertz CT molecular complexity index is 514. The summed E-state index contributed by atoms with van der Waals surface area (Å²) in [5.41, 5.74) is 7.39. The fourth-order valence-electron chi connectivity index (χ4n) is 2.52. The van der Waals surface area contributed by atoms with Gasteiger partial charge in [-0.1, -0.05) is 24.3 Å². The van der Waals surface area contributed by atoms with Crippen LogP contribution in [0.2, 0.25) is 0 Å². The molecule has 5 nitrogen and oxygen atoms in total. The van der Waals surface area contributed by atoms with E-state index in [-0.39, 0.29) is 18.5 Å². The molecule has 0 fully saturated rings. The number of amides is 1. The largest absolute Gasteiger partial charge is 0.481 e. The molecule has 0 spiro atoms. The number of aliphatic carboxylic acids is 1. The molecule has 0 radical (unpaired) electrons. The number of fused-ring (bicyclic) bond motifs is 1. The lowest BCUT2D eigenvalue weighted by Gasteiger charge is -2.33. The maximum absolute atomic E-state index is 12.2. The van der Waals surface area contributed by atoms with E-state index in [0.717, 1.165) is 11.1 Å². The van der Waals surface area contributed by atoms with E-state index in [4.69, 9.17) is 5.73 Å². The third-order valence-electron chi connectivity index (χ3n) is 3.66. The van der Waals surface area contributed by atoms with Gasteiger partial charge >= 0.3 is 5.97 Å². The smallest absolute Gasteiger partial charge is 0.312 e. The Morgan fingerprint density at radius 2 is 2.15 bits per heavy atom. The van der Waals surface area contributed by atoms with Crippen LogP contribution in [0.5, 0.6) is 0 Å². The molecule has 108 valence electrons. The van der Waals surface area contributed by atoms with Gasteiger partial charge in [-0.2, -0.15) is 0 Å². The van der Waals surface area contributed by atoms with Gasteiger partial charge in [0.15, 0.2) is 0 Å². The first-order valence-electron chi connectivity index (χ1n) is 6.83. The molecular weight excluding hydrogens is 256 g/mol. The van der Waals surface area contributed by atoms with Crippen molar-refractivity contribution < 1.29 is 14.7 Å². The summed E-state index contributed by atoms with van der Waals surface area (Å²) in [6.45, 7) is 2.58. The fourth-order valence-corrected chi connectivity index (χ4v) is 2.52. The number of carbonyl (C=O) groups is 2. The summed E-state index contributed by atoms with van der Waals surface area (Å²) < 4.78 is 0. The van der Waals surface area contributed by atoms with Gasteiger partial charge in [-0.15, -0.1) is 0 Å². The maximum atomic E-state index is 12.2. The van der Waals surface area contributed by atoms with Gasteiger partial charge in [-0.05, 0) is 24.5 Å². The molecule has 1 aliphatic heterocycles. The summed E-state index contributed by atoms with van der Waals surface area (Å²) in [6.07, 6.45) is 0.987. The SMILES string of the molecule is CC(N)CCC(=O)N1Cc2ccccc2C(C(=O)O)C1. The van der Waals surface area contributed by atoms with Crippen molar-refractivity contribution >= 4 is 11.9 Å². The number of benzene rings is 1. The van der Waals surface area contributed by atoms with Gasteiger partial charge < -0.3 is 15.7 Å². The Labute approximate surface area is 118 Å². The molecule has 0 aliphatic carbocycles. The van der Waals surface area contributed by atoms with Crippen molar-refractivity contribution in [1.29, 1.82) is 0 Å². The zero-order chi connectivity index (χ0) is 14.7. The monoisotopic (exact) mass is 276 g/mol. The lowest BCUT2D eigenvalue weighted by atomic mass is 9.89. The first kappa shape index (κ1) is 14.5. The average Bonchev–Trinajstić information content (AvgIpc) is 2.43. The third-order valence-corrected chi connectivity index (χ3v) is 3.66. The molecule has 2 rings (SSSR count). The minimum absolute atomic E-state index is 0.0219. The Balaban J connectivity index is 2.16. The number of nitrogens with zero attached hydrogens (tertiary/aromatic N) is 1. The molecule has 2 unspecified atom stereocenters. The number of carboxylic acids is 1. The highest BCUT2D eigenvalue weighted by atomic mass is 16.4. The van der Waals surface area contributed by atoms with Crippen LogP contribution in [-0.4, -0.2) is 34.5 Å². The van der Waals surface area contributed by atoms with Crippen LogP contribution in [0.25, 0.3) is 0 Å². The van der Waals surface area contributed by atoms with Crippen molar-refractivity contribution in [2.24, 2.45) is 5.73 Å². The predicted molar refractivity (Wildman–Crippen MR) is 75.1 cm³/mol. The Hall–Kier alpha value is -1.88. The molecule has 0 saturated carbocycles. The summed E-state index contributed by atoms with van der Waals surface area (Å²) in [6, 6.07) is 7.40. The minimum atomic E-state index is -0.887. The average molecular weight is 276 g/mol. The van der Waals surface area contributed by atoms with Crippen LogP contribution in [0.3, 0.4) is 0 Å². The van der Waals surface area contributed by atoms with Crippen LogP contribution in [0, 0.1) is 0 Å². The van der Waals surface area contributed by atoms with E-state index in [0.29, 0.717) is 19.4 Å². The number of nitrogens with two attached hydrogens (primary N) is 1. The molecule has 20 heavy (non-hydrogen) atoms. The van der Waals surface area contributed by atoms with E-state index in [1.165, 1.54) is 0 Å². The van der Waals surface area contributed by atoms with Crippen LogP contribution in [0.1, 0.15) is 36.8 Å². The lowest BCUT2D eigenvalue weighted by molar-refractivity contribution is -0.141. The second kappa shape index (κ2) is 6.05. The molecule has 0 bridgehead atoms. The molecule has 1 aromatic rings. The highest BCUT2D eigenvalue weighted by molar-refractivity contribution is 5.81. The minimum Gasteiger partial charge on any atom is -0.481 e. The normalized spacial score (nSPS) is 19.3. The third kappa shape index (κ3) is 3.17. The number of hydrogen-bond donors (Lipinski definition) is 2. The highest BCUT2D eigenvalue weighted by Gasteiger charge is 2.32. The van der Waals surface area contributed by atoms with Crippen molar-refractivity contribution in [3.8, 4) is 0 Å². The summed E-state index contributed by atoms with van der Waals surface area (Å²) >= 11 is 0. The van der Waals surface area contributed by atoms with Gasteiger partial charge in [0.1, 0.15) is 0 Å². The van der Waals surface area contributed by atoms with E-state index >= 15 is 0 Å². The van der Waals surface area contributed by atoms with Gasteiger partial charge in [0.2, 0.25) is 5.91 Å². The quantitative estimate of drug-likeness (QED) is 0.869. The zero-order valence-corrected chi connectivity index (χ0v) is 11.6. The molecular formula is C15H20N2O3. The van der Waals surface area contributed by atoms with Gasteiger partial charge in [-0.3, -0.25) is 9.59 Å². The van der Waals surface area contributed by atoms with Crippen molar-refractivity contribution in [3.63, 3.8) is 0 Å². The van der Waals surface area contributed by atoms with Crippen LogP contribution in [0.4, 0.5) is 0 Å². The second-order valence-electron chi connectivity index (χ2n) is 5.38. The molecule has 5 heteroatoms. The van der Waals surface area contributed by atoms with Gasteiger partial charge in [-0.25, -0.2) is 0 Å². The summed E-state index contributed by atoms with van der Waals surface area (Å²) in [4.78, 5) is 25.2. The molecule has 1 amide bonds.